The quantitative estimate of drug-likeness (QED) is 0.156. The Hall–Kier alpha value is -7.28. The van der Waals surface area contributed by atoms with Gasteiger partial charge in [-0.1, -0.05) is 188 Å². The molecule has 0 N–H and O–H groups in total. The Balaban J connectivity index is 0.943. The summed E-state index contributed by atoms with van der Waals surface area (Å²) in [4.78, 5) is 0. The summed E-state index contributed by atoms with van der Waals surface area (Å²) >= 11 is 0. The summed E-state index contributed by atoms with van der Waals surface area (Å²) in [6.45, 7) is 0. The van der Waals surface area contributed by atoms with Gasteiger partial charge in [-0.2, -0.15) is 0 Å². The van der Waals surface area contributed by atoms with Gasteiger partial charge in [0.15, 0.2) is 0 Å². The molecule has 258 valence electrons. The molecule has 12 rings (SSSR count). The van der Waals surface area contributed by atoms with E-state index >= 15 is 0 Å². The first-order chi connectivity index (χ1) is 29.8. The highest BCUT2D eigenvalue weighted by Crippen LogP contribution is 2.44. The highest BCUT2D eigenvalue weighted by atomic mass is 14.2. The van der Waals surface area contributed by atoms with Crippen molar-refractivity contribution in [1.29, 1.82) is 0 Å². The Morgan fingerprint density at radius 2 is 0.571 bits per heavy atom. The first-order valence-electron chi connectivity index (χ1n) is 21.6. The van der Waals surface area contributed by atoms with E-state index in [1.165, 1.54) is 43.4 Å². The SMILES string of the molecule is [2H]c1c([2H])c([2H])c(-c2ccc3ccc4c(-c5cccc(-c6cccc(-c7cccc(-c8ccc9ccc%10cccc%11ccc8c9c%10%11)c7)c6)c5)ccc5ccc2c3c54)c([2H])c1[2H]. The minimum absolute atomic E-state index is 0.195. The van der Waals surface area contributed by atoms with Gasteiger partial charge in [0.2, 0.25) is 0 Å². The lowest BCUT2D eigenvalue weighted by Crippen LogP contribution is -1.90. The van der Waals surface area contributed by atoms with Crippen LogP contribution in [0.5, 0.6) is 0 Å². The van der Waals surface area contributed by atoms with E-state index in [0.29, 0.717) is 5.56 Å². The molecule has 0 amide bonds. The zero-order chi connectivity index (χ0) is 41.1. The molecule has 0 atom stereocenters. The molecule has 0 nitrogen and oxygen atoms in total. The molecule has 0 aliphatic heterocycles. The number of benzene rings is 12. The maximum atomic E-state index is 8.74. The van der Waals surface area contributed by atoms with Gasteiger partial charge in [0.25, 0.3) is 0 Å². The first kappa shape index (κ1) is 26.5. The lowest BCUT2D eigenvalue weighted by atomic mass is 9.87. The van der Waals surface area contributed by atoms with E-state index in [-0.39, 0.29) is 35.8 Å². The molecule has 0 saturated carbocycles. The van der Waals surface area contributed by atoms with Crippen molar-refractivity contribution >= 4 is 64.6 Å². The predicted octanol–water partition coefficient (Wildman–Crippen LogP) is 15.8. The standard InChI is InChI=1S/C56H34/c1-2-8-35(9-3-1)47-26-20-39-25-31-52-49(28-22-40-24-30-50(47)55(39)56(40)52)46-17-7-15-44(34-46)42-13-5-12-41(32-42)43-14-6-16-45(33-43)48-27-21-38-19-18-36-10-4-11-37-23-29-51(48)54(38)53(36)37/h1-34H/i1D,2D,3D,8D,9D. The molecular weight excluding hydrogens is 673 g/mol. The lowest BCUT2D eigenvalue weighted by molar-refractivity contribution is 1.58. The number of rotatable bonds is 5. The van der Waals surface area contributed by atoms with E-state index in [4.69, 9.17) is 6.85 Å². The van der Waals surface area contributed by atoms with Gasteiger partial charge < -0.3 is 0 Å². The smallest absolute Gasteiger partial charge is 0.0622 e. The van der Waals surface area contributed by atoms with Gasteiger partial charge in [-0.25, -0.2) is 0 Å². The van der Waals surface area contributed by atoms with Gasteiger partial charge in [0, 0.05) is 0 Å². The fourth-order valence-corrected chi connectivity index (χ4v) is 9.25. The molecule has 0 aliphatic rings. The van der Waals surface area contributed by atoms with Crippen LogP contribution in [0.3, 0.4) is 0 Å². The van der Waals surface area contributed by atoms with E-state index in [2.05, 4.69) is 158 Å². The minimum atomic E-state index is -0.389. The number of hydrogen-bond acceptors (Lipinski definition) is 0. The van der Waals surface area contributed by atoms with Gasteiger partial charge in [0.05, 0.1) is 6.85 Å². The third kappa shape index (κ3) is 4.73. The van der Waals surface area contributed by atoms with Crippen LogP contribution in [0.4, 0.5) is 0 Å². The Bertz CT molecular complexity index is 3730. The second-order valence-electron chi connectivity index (χ2n) is 14.9. The molecule has 0 bridgehead atoms. The van der Waals surface area contributed by atoms with Gasteiger partial charge in [-0.3, -0.25) is 0 Å². The van der Waals surface area contributed by atoms with Gasteiger partial charge in [-0.15, -0.1) is 0 Å². The topological polar surface area (TPSA) is 0 Å². The van der Waals surface area contributed by atoms with Crippen molar-refractivity contribution in [3.05, 3.63) is 206 Å². The summed E-state index contributed by atoms with van der Waals surface area (Å²) in [6.07, 6.45) is 0. The average molecular weight is 712 g/mol. The van der Waals surface area contributed by atoms with E-state index in [9.17, 15) is 0 Å². The highest BCUT2D eigenvalue weighted by Gasteiger charge is 2.16. The van der Waals surface area contributed by atoms with Crippen molar-refractivity contribution < 1.29 is 6.85 Å². The molecule has 12 aromatic rings. The van der Waals surface area contributed by atoms with Crippen molar-refractivity contribution in [1.82, 2.24) is 0 Å². The van der Waals surface area contributed by atoms with Crippen LogP contribution < -0.4 is 0 Å². The van der Waals surface area contributed by atoms with E-state index < -0.39 is 0 Å². The molecule has 0 aliphatic carbocycles. The molecule has 0 unspecified atom stereocenters. The molecule has 0 spiro atoms. The van der Waals surface area contributed by atoms with Crippen LogP contribution in [0, 0.1) is 0 Å². The lowest BCUT2D eigenvalue weighted by Gasteiger charge is -2.17. The van der Waals surface area contributed by atoms with Crippen molar-refractivity contribution in [3.63, 3.8) is 0 Å². The summed E-state index contributed by atoms with van der Waals surface area (Å²) in [6, 6.07) is 61.7. The van der Waals surface area contributed by atoms with Gasteiger partial charge >= 0.3 is 0 Å². The van der Waals surface area contributed by atoms with Gasteiger partial charge in [0.1, 0.15) is 0 Å². The molecule has 0 heteroatoms. The Morgan fingerprint density at radius 3 is 1.04 bits per heavy atom. The predicted molar refractivity (Wildman–Crippen MR) is 241 cm³/mol. The maximum absolute atomic E-state index is 8.74. The second kappa shape index (κ2) is 12.1. The van der Waals surface area contributed by atoms with E-state index in [0.717, 1.165) is 65.7 Å². The molecule has 0 saturated heterocycles. The van der Waals surface area contributed by atoms with Crippen molar-refractivity contribution in [2.24, 2.45) is 0 Å². The summed E-state index contributed by atoms with van der Waals surface area (Å²) < 4.78 is 42.3. The third-order valence-corrected chi connectivity index (χ3v) is 11.8. The number of hydrogen-bond donors (Lipinski definition) is 0. The Labute approximate surface area is 332 Å². The molecule has 0 heterocycles. The summed E-state index contributed by atoms with van der Waals surface area (Å²) in [7, 11) is 0. The van der Waals surface area contributed by atoms with E-state index in [1.807, 2.05) is 18.2 Å². The van der Waals surface area contributed by atoms with Crippen molar-refractivity contribution in [2.45, 2.75) is 0 Å². The normalized spacial score (nSPS) is 13.2. The molecule has 0 radical (unpaired) electrons. The molecule has 12 aromatic carbocycles. The van der Waals surface area contributed by atoms with Crippen LogP contribution in [-0.4, -0.2) is 0 Å². The summed E-state index contributed by atoms with van der Waals surface area (Å²) in [5.74, 6) is 0. The molecular formula is C56H34. The summed E-state index contributed by atoms with van der Waals surface area (Å²) in [5, 5.41) is 13.9. The fraction of sp³-hybridized carbons (Fsp3) is 0. The Morgan fingerprint density at radius 1 is 0.250 bits per heavy atom. The molecule has 56 heavy (non-hydrogen) atoms. The maximum Gasteiger partial charge on any atom is 0.0629 e. The fourth-order valence-electron chi connectivity index (χ4n) is 9.25. The van der Waals surface area contributed by atoms with Crippen molar-refractivity contribution in [2.75, 3.05) is 0 Å². The first-order valence-corrected chi connectivity index (χ1v) is 19.1. The monoisotopic (exact) mass is 711 g/mol. The second-order valence-corrected chi connectivity index (χ2v) is 14.9. The molecule has 0 fully saturated rings. The van der Waals surface area contributed by atoms with Crippen LogP contribution in [0.25, 0.3) is 120 Å². The zero-order valence-corrected chi connectivity index (χ0v) is 30.2. The van der Waals surface area contributed by atoms with Crippen LogP contribution in [0.2, 0.25) is 0 Å². The average Bonchev–Trinajstić information content (AvgIpc) is 3.31. The third-order valence-electron chi connectivity index (χ3n) is 11.8. The zero-order valence-electron chi connectivity index (χ0n) is 35.2. The van der Waals surface area contributed by atoms with Crippen LogP contribution in [0.15, 0.2) is 206 Å². The van der Waals surface area contributed by atoms with Crippen LogP contribution >= 0.6 is 0 Å². The van der Waals surface area contributed by atoms with Crippen LogP contribution in [0.1, 0.15) is 6.85 Å². The van der Waals surface area contributed by atoms with E-state index in [1.54, 1.807) is 0 Å². The van der Waals surface area contributed by atoms with Crippen molar-refractivity contribution in [3.8, 4) is 55.6 Å². The van der Waals surface area contributed by atoms with Crippen LogP contribution in [-0.2, 0) is 0 Å². The summed E-state index contributed by atoms with van der Waals surface area (Å²) in [5.41, 5.74) is 10.1. The largest absolute Gasteiger partial charge is 0.0629 e. The minimum Gasteiger partial charge on any atom is -0.0622 e. The highest BCUT2D eigenvalue weighted by molar-refractivity contribution is 6.28. The van der Waals surface area contributed by atoms with Gasteiger partial charge in [-0.05, 0) is 138 Å². The molecule has 0 aromatic heterocycles. The Kier molecular flexibility index (Phi) is 5.73.